The topological polar surface area (TPSA) is 67.9 Å². The Morgan fingerprint density at radius 3 is 2.58 bits per heavy atom. The summed E-state index contributed by atoms with van der Waals surface area (Å²) in [7, 11) is -2.04. The van der Waals surface area contributed by atoms with Crippen molar-refractivity contribution in [1.82, 2.24) is 9.62 Å². The van der Waals surface area contributed by atoms with E-state index in [1.807, 2.05) is 31.2 Å². The van der Waals surface area contributed by atoms with Crippen molar-refractivity contribution >= 4 is 10.0 Å². The quantitative estimate of drug-likeness (QED) is 0.839. The SMILES string of the molecule is CCOc1ccc(S(=O)(=O)N2CCNCC2c2ccccc2OC)cc1. The first-order valence-corrected chi connectivity index (χ1v) is 10.1. The predicted octanol–water partition coefficient (Wildman–Crippen LogP) is 2.43. The number of para-hydroxylation sites is 1. The lowest BCUT2D eigenvalue weighted by atomic mass is 10.0. The van der Waals surface area contributed by atoms with Gasteiger partial charge in [-0.3, -0.25) is 0 Å². The molecule has 1 heterocycles. The Labute approximate surface area is 154 Å². The number of piperazine rings is 1. The molecule has 1 saturated heterocycles. The van der Waals surface area contributed by atoms with Crippen LogP contribution in [0.5, 0.6) is 11.5 Å². The maximum absolute atomic E-state index is 13.3. The second-order valence-electron chi connectivity index (χ2n) is 5.98. The summed E-state index contributed by atoms with van der Waals surface area (Å²) in [4.78, 5) is 0.266. The van der Waals surface area contributed by atoms with Crippen molar-refractivity contribution in [1.29, 1.82) is 0 Å². The van der Waals surface area contributed by atoms with Crippen LogP contribution in [-0.2, 0) is 10.0 Å². The van der Waals surface area contributed by atoms with Gasteiger partial charge in [0, 0.05) is 25.2 Å². The van der Waals surface area contributed by atoms with E-state index in [2.05, 4.69) is 5.32 Å². The zero-order valence-electron chi connectivity index (χ0n) is 15.0. The standard InChI is InChI=1S/C19H24N2O4S/c1-3-25-15-8-10-16(11-9-15)26(22,23)21-13-12-20-14-18(21)17-6-4-5-7-19(17)24-2/h4-11,18,20H,3,12-14H2,1-2H3. The molecule has 1 N–H and O–H groups in total. The Hall–Kier alpha value is -2.09. The molecule has 1 aliphatic rings. The molecular formula is C19H24N2O4S. The lowest BCUT2D eigenvalue weighted by molar-refractivity contribution is 0.264. The summed E-state index contributed by atoms with van der Waals surface area (Å²) in [5, 5.41) is 3.28. The average Bonchev–Trinajstić information content (AvgIpc) is 2.68. The smallest absolute Gasteiger partial charge is 0.243 e. The van der Waals surface area contributed by atoms with Crippen LogP contribution < -0.4 is 14.8 Å². The summed E-state index contributed by atoms with van der Waals surface area (Å²) < 4.78 is 38.9. The molecule has 7 heteroatoms. The molecule has 0 radical (unpaired) electrons. The van der Waals surface area contributed by atoms with Crippen molar-refractivity contribution in [2.24, 2.45) is 0 Å². The van der Waals surface area contributed by atoms with Gasteiger partial charge in [0.25, 0.3) is 0 Å². The summed E-state index contributed by atoms with van der Waals surface area (Å²) in [6.07, 6.45) is 0. The van der Waals surface area contributed by atoms with Gasteiger partial charge in [-0.2, -0.15) is 4.31 Å². The number of rotatable bonds is 6. The molecule has 1 fully saturated rings. The molecule has 6 nitrogen and oxygen atoms in total. The molecule has 0 bridgehead atoms. The summed E-state index contributed by atoms with van der Waals surface area (Å²) in [6, 6.07) is 13.8. The second-order valence-corrected chi connectivity index (χ2v) is 7.87. The molecule has 2 aromatic carbocycles. The second kappa shape index (κ2) is 8.07. The van der Waals surface area contributed by atoms with Crippen molar-refractivity contribution in [3.63, 3.8) is 0 Å². The van der Waals surface area contributed by atoms with Crippen LogP contribution in [0.25, 0.3) is 0 Å². The minimum absolute atomic E-state index is 0.266. The number of nitrogens with zero attached hydrogens (tertiary/aromatic N) is 1. The van der Waals surface area contributed by atoms with Gasteiger partial charge in [-0.05, 0) is 37.3 Å². The van der Waals surface area contributed by atoms with Gasteiger partial charge >= 0.3 is 0 Å². The number of sulfonamides is 1. The highest BCUT2D eigenvalue weighted by Gasteiger charge is 2.35. The largest absolute Gasteiger partial charge is 0.496 e. The lowest BCUT2D eigenvalue weighted by Crippen LogP contribution is -2.48. The maximum Gasteiger partial charge on any atom is 0.243 e. The van der Waals surface area contributed by atoms with Crippen molar-refractivity contribution in [3.8, 4) is 11.5 Å². The van der Waals surface area contributed by atoms with Crippen LogP contribution >= 0.6 is 0 Å². The highest BCUT2D eigenvalue weighted by atomic mass is 32.2. The van der Waals surface area contributed by atoms with Crippen LogP contribution in [0.3, 0.4) is 0 Å². The molecule has 0 saturated carbocycles. The van der Waals surface area contributed by atoms with E-state index >= 15 is 0 Å². The van der Waals surface area contributed by atoms with Crippen LogP contribution in [0, 0.1) is 0 Å². The minimum atomic E-state index is -3.63. The third kappa shape index (κ3) is 3.70. The van der Waals surface area contributed by atoms with Crippen LogP contribution in [0.4, 0.5) is 0 Å². The van der Waals surface area contributed by atoms with E-state index < -0.39 is 10.0 Å². The molecule has 3 rings (SSSR count). The summed E-state index contributed by atoms with van der Waals surface area (Å²) in [5.41, 5.74) is 0.858. The molecule has 1 unspecified atom stereocenters. The zero-order valence-corrected chi connectivity index (χ0v) is 15.8. The minimum Gasteiger partial charge on any atom is -0.496 e. The highest BCUT2D eigenvalue weighted by Crippen LogP contribution is 2.34. The molecule has 26 heavy (non-hydrogen) atoms. The van der Waals surface area contributed by atoms with Crippen LogP contribution in [0.1, 0.15) is 18.5 Å². The first kappa shape index (κ1) is 18.7. The number of hydrogen-bond donors (Lipinski definition) is 1. The molecular weight excluding hydrogens is 352 g/mol. The number of benzene rings is 2. The Morgan fingerprint density at radius 2 is 1.88 bits per heavy atom. The Kier molecular flexibility index (Phi) is 5.80. The number of ether oxygens (including phenoxy) is 2. The third-order valence-corrected chi connectivity index (χ3v) is 6.36. The average molecular weight is 376 g/mol. The monoisotopic (exact) mass is 376 g/mol. The van der Waals surface area contributed by atoms with E-state index in [-0.39, 0.29) is 10.9 Å². The molecule has 0 spiro atoms. The van der Waals surface area contributed by atoms with Gasteiger partial charge in [-0.15, -0.1) is 0 Å². The van der Waals surface area contributed by atoms with Crippen LogP contribution in [-0.4, -0.2) is 46.1 Å². The highest BCUT2D eigenvalue weighted by molar-refractivity contribution is 7.89. The molecule has 140 valence electrons. The van der Waals surface area contributed by atoms with E-state index in [0.717, 1.165) is 5.56 Å². The first-order valence-electron chi connectivity index (χ1n) is 8.66. The van der Waals surface area contributed by atoms with Crippen LogP contribution in [0.15, 0.2) is 53.4 Å². The fraction of sp³-hybridized carbons (Fsp3) is 0.368. The predicted molar refractivity (Wildman–Crippen MR) is 100 cm³/mol. The fourth-order valence-corrected chi connectivity index (χ4v) is 4.80. The Bertz CT molecular complexity index is 837. The Balaban J connectivity index is 1.95. The maximum atomic E-state index is 13.3. The van der Waals surface area contributed by atoms with Gasteiger partial charge in [-0.25, -0.2) is 8.42 Å². The molecule has 1 aliphatic heterocycles. The van der Waals surface area contributed by atoms with Crippen molar-refractivity contribution in [2.75, 3.05) is 33.4 Å². The first-order chi connectivity index (χ1) is 12.6. The van der Waals surface area contributed by atoms with Gasteiger partial charge < -0.3 is 14.8 Å². The third-order valence-electron chi connectivity index (χ3n) is 4.43. The van der Waals surface area contributed by atoms with Gasteiger partial charge in [0.1, 0.15) is 11.5 Å². The zero-order chi connectivity index (χ0) is 18.6. The summed E-state index contributed by atoms with van der Waals surface area (Å²) >= 11 is 0. The number of hydrogen-bond acceptors (Lipinski definition) is 5. The van der Waals surface area contributed by atoms with Gasteiger partial charge in [-0.1, -0.05) is 18.2 Å². The van der Waals surface area contributed by atoms with Gasteiger partial charge in [0.15, 0.2) is 0 Å². The molecule has 2 aromatic rings. The van der Waals surface area contributed by atoms with E-state index in [1.54, 1.807) is 35.7 Å². The fourth-order valence-electron chi connectivity index (χ4n) is 3.19. The normalized spacial score (nSPS) is 18.5. The van der Waals surface area contributed by atoms with Crippen molar-refractivity contribution in [3.05, 3.63) is 54.1 Å². The van der Waals surface area contributed by atoms with Crippen LogP contribution in [0.2, 0.25) is 0 Å². The van der Waals surface area contributed by atoms with Crippen molar-refractivity contribution in [2.45, 2.75) is 17.9 Å². The molecule has 0 amide bonds. The number of nitrogens with one attached hydrogen (secondary N) is 1. The van der Waals surface area contributed by atoms with E-state index in [0.29, 0.717) is 37.7 Å². The van der Waals surface area contributed by atoms with E-state index in [1.165, 1.54) is 0 Å². The molecule has 0 aromatic heterocycles. The van der Waals surface area contributed by atoms with Crippen molar-refractivity contribution < 1.29 is 17.9 Å². The summed E-state index contributed by atoms with van der Waals surface area (Å²) in [5.74, 6) is 1.35. The lowest BCUT2D eigenvalue weighted by Gasteiger charge is -2.36. The van der Waals surface area contributed by atoms with E-state index in [9.17, 15) is 8.42 Å². The molecule has 1 atom stereocenters. The van der Waals surface area contributed by atoms with Gasteiger partial charge in [0.05, 0.1) is 24.7 Å². The van der Waals surface area contributed by atoms with Gasteiger partial charge in [0.2, 0.25) is 10.0 Å². The summed E-state index contributed by atoms with van der Waals surface area (Å²) in [6.45, 7) is 3.99. The Morgan fingerprint density at radius 1 is 1.15 bits per heavy atom. The number of methoxy groups -OCH3 is 1. The molecule has 0 aliphatic carbocycles. The van der Waals surface area contributed by atoms with E-state index in [4.69, 9.17) is 9.47 Å².